The highest BCUT2D eigenvalue weighted by molar-refractivity contribution is 14.0. The molecule has 2 aliphatic rings. The summed E-state index contributed by atoms with van der Waals surface area (Å²) < 4.78 is 0. The molecule has 6 heteroatoms. The molecule has 136 valence electrons. The monoisotopic (exact) mass is 437 g/mol. The van der Waals surface area contributed by atoms with Crippen molar-refractivity contribution in [3.63, 3.8) is 0 Å². The van der Waals surface area contributed by atoms with Gasteiger partial charge in [-0.3, -0.25) is 14.8 Å². The van der Waals surface area contributed by atoms with E-state index < -0.39 is 0 Å². The van der Waals surface area contributed by atoms with Gasteiger partial charge < -0.3 is 10.6 Å². The van der Waals surface area contributed by atoms with E-state index in [4.69, 9.17) is 0 Å². The SMILES string of the molecule is CCN1CCCCC1CNC(=NC)NCC1CCCN1CC.I. The molecule has 0 saturated carbocycles. The van der Waals surface area contributed by atoms with E-state index in [0.717, 1.165) is 32.1 Å². The zero-order valence-corrected chi connectivity index (χ0v) is 17.5. The summed E-state index contributed by atoms with van der Waals surface area (Å²) in [5.41, 5.74) is 0. The molecule has 2 heterocycles. The molecule has 0 aromatic heterocycles. The Labute approximate surface area is 159 Å². The first-order valence-corrected chi connectivity index (χ1v) is 9.21. The van der Waals surface area contributed by atoms with E-state index in [9.17, 15) is 0 Å². The Hall–Kier alpha value is -0.0800. The van der Waals surface area contributed by atoms with Crippen LogP contribution in [0.2, 0.25) is 0 Å². The highest BCUT2D eigenvalue weighted by Crippen LogP contribution is 2.16. The van der Waals surface area contributed by atoms with E-state index in [1.165, 1.54) is 45.2 Å². The first-order chi connectivity index (χ1) is 10.8. The topological polar surface area (TPSA) is 42.9 Å². The quantitative estimate of drug-likeness (QED) is 0.380. The Kier molecular flexibility index (Phi) is 10.5. The summed E-state index contributed by atoms with van der Waals surface area (Å²) in [6.07, 6.45) is 6.67. The summed E-state index contributed by atoms with van der Waals surface area (Å²) in [5, 5.41) is 7.07. The molecule has 0 amide bonds. The van der Waals surface area contributed by atoms with Gasteiger partial charge in [0, 0.05) is 32.2 Å². The van der Waals surface area contributed by atoms with E-state index in [2.05, 4.69) is 39.3 Å². The maximum absolute atomic E-state index is 4.39. The fraction of sp³-hybridized carbons (Fsp3) is 0.941. The fourth-order valence-electron chi connectivity index (χ4n) is 3.90. The van der Waals surface area contributed by atoms with Gasteiger partial charge in [-0.15, -0.1) is 24.0 Å². The third-order valence-corrected chi connectivity index (χ3v) is 5.29. The Morgan fingerprint density at radius 3 is 1.96 bits per heavy atom. The number of likely N-dealkylation sites (tertiary alicyclic amines) is 2. The maximum Gasteiger partial charge on any atom is 0.191 e. The number of piperidine rings is 1. The second-order valence-corrected chi connectivity index (χ2v) is 6.54. The molecule has 2 aliphatic heterocycles. The van der Waals surface area contributed by atoms with Crippen LogP contribution < -0.4 is 10.6 Å². The van der Waals surface area contributed by atoms with Crippen molar-refractivity contribution in [3.8, 4) is 0 Å². The van der Waals surface area contributed by atoms with Gasteiger partial charge in [0.15, 0.2) is 5.96 Å². The van der Waals surface area contributed by atoms with Crippen LogP contribution in [-0.2, 0) is 0 Å². The molecule has 23 heavy (non-hydrogen) atoms. The molecule has 5 nitrogen and oxygen atoms in total. The number of nitrogens with zero attached hydrogens (tertiary/aromatic N) is 3. The Bertz CT molecular complexity index is 350. The van der Waals surface area contributed by atoms with Gasteiger partial charge in [0.2, 0.25) is 0 Å². The number of hydrogen-bond donors (Lipinski definition) is 2. The molecule has 2 N–H and O–H groups in total. The lowest BCUT2D eigenvalue weighted by atomic mass is 10.0. The first kappa shape index (κ1) is 21.0. The van der Waals surface area contributed by atoms with Crippen molar-refractivity contribution in [2.75, 3.05) is 46.3 Å². The number of rotatable bonds is 6. The van der Waals surface area contributed by atoms with Crippen molar-refractivity contribution >= 4 is 29.9 Å². The molecule has 0 bridgehead atoms. The molecule has 0 aromatic carbocycles. The minimum Gasteiger partial charge on any atom is -0.355 e. The summed E-state index contributed by atoms with van der Waals surface area (Å²) >= 11 is 0. The van der Waals surface area contributed by atoms with Gasteiger partial charge in [-0.1, -0.05) is 20.3 Å². The van der Waals surface area contributed by atoms with Crippen LogP contribution in [0.3, 0.4) is 0 Å². The lowest BCUT2D eigenvalue weighted by molar-refractivity contribution is 0.157. The van der Waals surface area contributed by atoms with E-state index in [0.29, 0.717) is 12.1 Å². The van der Waals surface area contributed by atoms with Crippen molar-refractivity contribution in [3.05, 3.63) is 0 Å². The number of nitrogens with one attached hydrogen (secondary N) is 2. The third-order valence-electron chi connectivity index (χ3n) is 5.29. The van der Waals surface area contributed by atoms with Gasteiger partial charge >= 0.3 is 0 Å². The molecule has 2 atom stereocenters. The van der Waals surface area contributed by atoms with E-state index >= 15 is 0 Å². The molecule has 0 radical (unpaired) electrons. The lowest BCUT2D eigenvalue weighted by Crippen LogP contribution is -2.50. The minimum absolute atomic E-state index is 0. The molecule has 0 aliphatic carbocycles. The normalized spacial score (nSPS) is 26.8. The number of guanidine groups is 1. The van der Waals surface area contributed by atoms with Crippen LogP contribution in [0.25, 0.3) is 0 Å². The summed E-state index contributed by atoms with van der Waals surface area (Å²) in [6.45, 7) is 11.4. The number of aliphatic imine (C=N–C) groups is 1. The molecule has 0 spiro atoms. The molecule has 2 rings (SSSR count). The molecule has 2 fully saturated rings. The van der Waals surface area contributed by atoms with Crippen LogP contribution in [0.4, 0.5) is 0 Å². The van der Waals surface area contributed by atoms with E-state index in [1.807, 2.05) is 7.05 Å². The van der Waals surface area contributed by atoms with Crippen molar-refractivity contribution in [1.82, 2.24) is 20.4 Å². The van der Waals surface area contributed by atoms with Crippen molar-refractivity contribution in [2.24, 2.45) is 4.99 Å². The highest BCUT2D eigenvalue weighted by atomic mass is 127. The van der Waals surface area contributed by atoms with Gasteiger partial charge in [-0.25, -0.2) is 0 Å². The number of hydrogen-bond acceptors (Lipinski definition) is 3. The van der Waals surface area contributed by atoms with Gasteiger partial charge in [0.1, 0.15) is 0 Å². The first-order valence-electron chi connectivity index (χ1n) is 9.21. The van der Waals surface area contributed by atoms with Crippen molar-refractivity contribution < 1.29 is 0 Å². The zero-order chi connectivity index (χ0) is 15.8. The van der Waals surface area contributed by atoms with Crippen LogP contribution in [0.5, 0.6) is 0 Å². The van der Waals surface area contributed by atoms with Gasteiger partial charge in [0.25, 0.3) is 0 Å². The average molecular weight is 437 g/mol. The summed E-state index contributed by atoms with van der Waals surface area (Å²) in [5.74, 6) is 0.963. The number of likely N-dealkylation sites (N-methyl/N-ethyl adjacent to an activating group) is 2. The summed E-state index contributed by atoms with van der Waals surface area (Å²) in [6, 6.07) is 1.33. The van der Waals surface area contributed by atoms with Crippen LogP contribution in [0.1, 0.15) is 46.0 Å². The zero-order valence-electron chi connectivity index (χ0n) is 15.2. The Morgan fingerprint density at radius 2 is 1.43 bits per heavy atom. The van der Waals surface area contributed by atoms with Gasteiger partial charge in [-0.2, -0.15) is 0 Å². The molecule has 0 aromatic rings. The van der Waals surface area contributed by atoms with Crippen LogP contribution >= 0.6 is 24.0 Å². The number of halogens is 1. The molecule has 2 unspecified atom stereocenters. The summed E-state index contributed by atoms with van der Waals surface area (Å²) in [4.78, 5) is 9.56. The second kappa shape index (κ2) is 11.5. The smallest absolute Gasteiger partial charge is 0.191 e. The largest absolute Gasteiger partial charge is 0.355 e. The van der Waals surface area contributed by atoms with Crippen LogP contribution in [0.15, 0.2) is 4.99 Å². The van der Waals surface area contributed by atoms with E-state index in [1.54, 1.807) is 0 Å². The molecular formula is C17H36IN5. The van der Waals surface area contributed by atoms with Gasteiger partial charge in [0.05, 0.1) is 0 Å². The molecular weight excluding hydrogens is 401 g/mol. The molecule has 2 saturated heterocycles. The van der Waals surface area contributed by atoms with E-state index in [-0.39, 0.29) is 24.0 Å². The maximum atomic E-state index is 4.39. The minimum atomic E-state index is 0. The standard InChI is InChI=1S/C17H35N5.HI/c1-4-21-11-7-6-9-15(21)13-19-17(18-3)20-14-16-10-8-12-22(16)5-2;/h15-16H,4-14H2,1-3H3,(H2,18,19,20);1H. The van der Waals surface area contributed by atoms with Crippen molar-refractivity contribution in [2.45, 2.75) is 58.0 Å². The second-order valence-electron chi connectivity index (χ2n) is 6.54. The predicted molar refractivity (Wildman–Crippen MR) is 110 cm³/mol. The Balaban J connectivity index is 0.00000264. The van der Waals surface area contributed by atoms with Gasteiger partial charge in [-0.05, 0) is 51.9 Å². The average Bonchev–Trinajstić information content (AvgIpc) is 3.03. The fourth-order valence-corrected chi connectivity index (χ4v) is 3.90. The summed E-state index contributed by atoms with van der Waals surface area (Å²) in [7, 11) is 1.88. The van der Waals surface area contributed by atoms with Crippen molar-refractivity contribution in [1.29, 1.82) is 0 Å². The lowest BCUT2D eigenvalue weighted by Gasteiger charge is -2.35. The predicted octanol–water partition coefficient (Wildman–Crippen LogP) is 2.13. The van der Waals surface area contributed by atoms with Crippen LogP contribution in [0, 0.1) is 0 Å². The highest BCUT2D eigenvalue weighted by Gasteiger charge is 2.23. The third kappa shape index (κ3) is 6.38. The van der Waals surface area contributed by atoms with Crippen LogP contribution in [-0.4, -0.2) is 74.2 Å². The Morgan fingerprint density at radius 1 is 0.913 bits per heavy atom.